The Kier molecular flexibility index (Phi) is 3.44. The second kappa shape index (κ2) is 5.67. The van der Waals surface area contributed by atoms with E-state index >= 15 is 0 Å². The maximum absolute atomic E-state index is 13.9. The lowest BCUT2D eigenvalue weighted by Crippen LogP contribution is -2.50. The summed E-state index contributed by atoms with van der Waals surface area (Å²) in [5.41, 5.74) is -1.02. The summed E-state index contributed by atoms with van der Waals surface area (Å²) >= 11 is 6.51. The van der Waals surface area contributed by atoms with Gasteiger partial charge in [0.15, 0.2) is 16.9 Å². The van der Waals surface area contributed by atoms with Crippen molar-refractivity contribution < 1.29 is 14.3 Å². The van der Waals surface area contributed by atoms with Crippen molar-refractivity contribution >= 4 is 17.4 Å². The molecule has 1 heterocycles. The lowest BCUT2D eigenvalue weighted by atomic mass is 9.48. The molecule has 0 saturated heterocycles. The van der Waals surface area contributed by atoms with Crippen LogP contribution in [-0.4, -0.2) is 12.6 Å². The topological polar surface area (TPSA) is 83.1 Å². The molecular formula is C23H21ClN2O3. The summed E-state index contributed by atoms with van der Waals surface area (Å²) in [5, 5.41) is 20.3. The van der Waals surface area contributed by atoms with Crippen LogP contribution in [0.2, 0.25) is 5.02 Å². The molecule has 5 saturated carbocycles. The predicted molar refractivity (Wildman–Crippen MR) is 103 cm³/mol. The number of rotatable bonds is 3. The highest BCUT2D eigenvalue weighted by Crippen LogP contribution is 2.71. The average Bonchev–Trinajstić information content (AvgIpc) is 3.14. The van der Waals surface area contributed by atoms with E-state index < -0.39 is 17.3 Å². The average molecular weight is 409 g/mol. The van der Waals surface area contributed by atoms with Gasteiger partial charge in [0.1, 0.15) is 5.78 Å². The Morgan fingerprint density at radius 3 is 2.10 bits per heavy atom. The van der Waals surface area contributed by atoms with Gasteiger partial charge in [0.25, 0.3) is 0 Å². The second-order valence-corrected chi connectivity index (χ2v) is 10.2. The first kappa shape index (κ1) is 17.6. The number of carbonyl (C=O) groups is 1. The van der Waals surface area contributed by atoms with Gasteiger partial charge in [-0.15, -0.1) is 0 Å². The number of hydrogen-bond acceptors (Lipinski definition) is 5. The van der Waals surface area contributed by atoms with Gasteiger partial charge >= 0.3 is 0 Å². The Morgan fingerprint density at radius 1 is 1.00 bits per heavy atom. The number of benzene rings is 1. The fourth-order valence-electron chi connectivity index (χ4n) is 7.39. The van der Waals surface area contributed by atoms with Crippen LogP contribution in [0.4, 0.5) is 0 Å². The molecule has 0 radical (unpaired) electrons. The van der Waals surface area contributed by atoms with Gasteiger partial charge in [-0.2, -0.15) is 10.5 Å². The fraction of sp³-hybridized carbons (Fsp3) is 0.609. The Labute approximate surface area is 174 Å². The molecule has 0 aromatic heterocycles. The lowest BCUT2D eigenvalue weighted by Gasteiger charge is -2.56. The van der Waals surface area contributed by atoms with Gasteiger partial charge in [-0.1, -0.05) is 11.6 Å². The van der Waals surface area contributed by atoms with Crippen molar-refractivity contribution in [1.82, 2.24) is 0 Å². The Morgan fingerprint density at radius 2 is 1.55 bits per heavy atom. The minimum absolute atomic E-state index is 0.122. The molecule has 0 spiro atoms. The molecule has 7 rings (SSSR count). The van der Waals surface area contributed by atoms with Crippen molar-refractivity contribution in [3.05, 3.63) is 22.7 Å². The van der Waals surface area contributed by atoms with Gasteiger partial charge in [0.05, 0.1) is 18.1 Å². The molecule has 2 unspecified atom stereocenters. The summed E-state index contributed by atoms with van der Waals surface area (Å²) < 4.78 is 10.8. The number of halogens is 1. The van der Waals surface area contributed by atoms with E-state index in [1.165, 1.54) is 19.3 Å². The maximum atomic E-state index is 13.9. The molecule has 148 valence electrons. The van der Waals surface area contributed by atoms with Gasteiger partial charge in [-0.05, 0) is 67.9 Å². The van der Waals surface area contributed by atoms with E-state index in [1.807, 2.05) is 0 Å². The first-order valence-electron chi connectivity index (χ1n) is 10.5. The lowest BCUT2D eigenvalue weighted by molar-refractivity contribution is -0.145. The van der Waals surface area contributed by atoms with Crippen LogP contribution in [0, 0.1) is 57.2 Å². The minimum atomic E-state index is -1.34. The van der Waals surface area contributed by atoms with Crippen LogP contribution in [0.15, 0.2) is 12.1 Å². The largest absolute Gasteiger partial charge is 0.454 e. The van der Waals surface area contributed by atoms with Crippen LogP contribution in [-0.2, 0) is 4.79 Å². The van der Waals surface area contributed by atoms with Crippen molar-refractivity contribution in [3.8, 4) is 23.6 Å². The van der Waals surface area contributed by atoms with Gasteiger partial charge in [-0.3, -0.25) is 4.79 Å². The highest BCUT2D eigenvalue weighted by Gasteiger charge is 2.74. The number of Topliss-reactive ketones (excluding diaryl/α,β-unsaturated/α-hetero) is 1. The third-order valence-corrected chi connectivity index (χ3v) is 8.57. The summed E-state index contributed by atoms with van der Waals surface area (Å²) in [5.74, 6) is 2.05. The number of fused-ring (bicyclic) bond motifs is 1. The van der Waals surface area contributed by atoms with Gasteiger partial charge in [0, 0.05) is 22.4 Å². The van der Waals surface area contributed by atoms with Crippen LogP contribution >= 0.6 is 11.6 Å². The standard InChI is InChI=1S/C23H21ClN2O3/c24-16-5-18-17(28-11-29-18)4-15(16)19-20(23(19,9-25)10-26)21(27)22-6-12-1-13(7-22)3-14(2-12)8-22/h4-5,12-14,19-20H,1-3,6-8,11H2. The number of carbonyl (C=O) groups excluding carboxylic acids is 1. The van der Waals surface area contributed by atoms with Crippen molar-refractivity contribution in [2.75, 3.05) is 6.79 Å². The van der Waals surface area contributed by atoms with Crippen molar-refractivity contribution in [3.63, 3.8) is 0 Å². The van der Waals surface area contributed by atoms with E-state index in [-0.39, 0.29) is 18.0 Å². The van der Waals surface area contributed by atoms with E-state index in [0.717, 1.165) is 19.3 Å². The fourth-order valence-corrected chi connectivity index (χ4v) is 7.66. The first-order valence-corrected chi connectivity index (χ1v) is 10.8. The zero-order valence-corrected chi connectivity index (χ0v) is 16.7. The predicted octanol–water partition coefficient (Wildman–Crippen LogP) is 4.60. The molecule has 6 aliphatic rings. The zero-order chi connectivity index (χ0) is 20.0. The van der Waals surface area contributed by atoms with E-state index in [4.69, 9.17) is 21.1 Å². The number of ketones is 1. The molecule has 4 bridgehead atoms. The van der Waals surface area contributed by atoms with Gasteiger partial charge in [0.2, 0.25) is 6.79 Å². The Balaban J connectivity index is 1.39. The van der Waals surface area contributed by atoms with Crippen LogP contribution in [0.3, 0.4) is 0 Å². The molecule has 1 aromatic rings. The maximum Gasteiger partial charge on any atom is 0.231 e. The molecule has 2 atom stereocenters. The summed E-state index contributed by atoms with van der Waals surface area (Å²) in [4.78, 5) is 13.9. The third-order valence-electron chi connectivity index (χ3n) is 8.25. The Bertz CT molecular complexity index is 971. The van der Waals surface area contributed by atoms with Crippen LogP contribution in [0.25, 0.3) is 0 Å². The van der Waals surface area contributed by atoms with Crippen LogP contribution < -0.4 is 9.47 Å². The smallest absolute Gasteiger partial charge is 0.231 e. The van der Waals surface area contributed by atoms with Crippen LogP contribution in [0.5, 0.6) is 11.5 Å². The van der Waals surface area contributed by atoms with E-state index in [9.17, 15) is 15.3 Å². The second-order valence-electron chi connectivity index (χ2n) is 9.84. The van der Waals surface area contributed by atoms with Crippen molar-refractivity contribution in [2.45, 2.75) is 44.4 Å². The molecule has 0 N–H and O–H groups in total. The summed E-state index contributed by atoms with van der Waals surface area (Å²) in [6, 6.07) is 7.82. The zero-order valence-electron chi connectivity index (χ0n) is 16.0. The first-order chi connectivity index (χ1) is 14.0. The quantitative estimate of drug-likeness (QED) is 0.729. The van der Waals surface area contributed by atoms with E-state index in [0.29, 0.717) is 39.8 Å². The summed E-state index contributed by atoms with van der Waals surface area (Å²) in [6.07, 6.45) is 6.54. The van der Waals surface area contributed by atoms with E-state index in [2.05, 4.69) is 12.1 Å². The molecule has 5 nitrogen and oxygen atoms in total. The van der Waals surface area contributed by atoms with Crippen molar-refractivity contribution in [1.29, 1.82) is 10.5 Å². The normalized spacial score (nSPS) is 39.6. The molecule has 0 amide bonds. The SMILES string of the molecule is N#CC1(C#N)C(C(=O)C23CC4CC(CC(C4)C2)C3)C1c1cc2c(cc1Cl)OCO2. The molecule has 5 fully saturated rings. The van der Waals surface area contributed by atoms with Gasteiger partial charge < -0.3 is 9.47 Å². The highest BCUT2D eigenvalue weighted by atomic mass is 35.5. The number of hydrogen-bond donors (Lipinski definition) is 0. The summed E-state index contributed by atoms with van der Waals surface area (Å²) in [6.45, 7) is 0.122. The summed E-state index contributed by atoms with van der Waals surface area (Å²) in [7, 11) is 0. The molecule has 6 heteroatoms. The molecule has 1 aromatic carbocycles. The molecular weight excluding hydrogens is 388 g/mol. The molecule has 29 heavy (non-hydrogen) atoms. The van der Waals surface area contributed by atoms with Gasteiger partial charge in [-0.25, -0.2) is 0 Å². The van der Waals surface area contributed by atoms with Crippen LogP contribution in [0.1, 0.15) is 50.0 Å². The minimum Gasteiger partial charge on any atom is -0.454 e. The monoisotopic (exact) mass is 408 g/mol. The number of ether oxygens (including phenoxy) is 2. The highest BCUT2D eigenvalue weighted by molar-refractivity contribution is 6.31. The number of nitriles is 2. The number of nitrogens with zero attached hydrogens (tertiary/aromatic N) is 2. The Hall–Kier alpha value is -2.24. The molecule has 1 aliphatic heterocycles. The van der Waals surface area contributed by atoms with Crippen molar-refractivity contribution in [2.24, 2.45) is 34.5 Å². The van der Waals surface area contributed by atoms with E-state index in [1.54, 1.807) is 12.1 Å². The molecule has 5 aliphatic carbocycles. The third kappa shape index (κ3) is 2.23.